The number of hydrogen-bond donors (Lipinski definition) is 0. The molecule has 0 N–H and O–H groups in total. The molecule has 76 heavy (non-hydrogen) atoms. The quantitative estimate of drug-likeness (QED) is 0.142. The summed E-state index contributed by atoms with van der Waals surface area (Å²) in [6.07, 6.45) is -14.0. The van der Waals surface area contributed by atoms with Gasteiger partial charge in [0.2, 0.25) is 0 Å². The molecule has 4 nitrogen and oxygen atoms in total. The molecule has 0 saturated carbocycles. The molecule has 0 amide bonds. The predicted octanol–water partition coefficient (Wildman–Crippen LogP) is 18.6. The Hall–Kier alpha value is -8.84. The molecule has 0 unspecified atom stereocenters. The maximum Gasteiger partial charge on any atom is 0.416 e. The minimum atomic E-state index is -4.74. The summed E-state index contributed by atoms with van der Waals surface area (Å²) in [6, 6.07) is 52.8. The third-order valence-corrected chi connectivity index (χ3v) is 13.4. The second-order valence-electron chi connectivity index (χ2n) is 18.9. The smallest absolute Gasteiger partial charge is 0.308 e. The molecule has 2 aromatic heterocycles. The van der Waals surface area contributed by atoms with Crippen LogP contribution in [0.2, 0.25) is 0 Å². The van der Waals surface area contributed by atoms with Gasteiger partial charge in [0.25, 0.3) is 0 Å². The molecule has 0 saturated heterocycles. The fourth-order valence-electron chi connectivity index (χ4n) is 9.91. The summed E-state index contributed by atoms with van der Waals surface area (Å²) < 4.78 is 132. The van der Waals surface area contributed by atoms with Crippen LogP contribution < -0.4 is 0 Å². The summed E-state index contributed by atoms with van der Waals surface area (Å²) in [7, 11) is 0. The lowest BCUT2D eigenvalue weighted by atomic mass is 9.91. The Bertz CT molecular complexity index is 3870. The van der Waals surface area contributed by atoms with Crippen LogP contribution in [0.25, 0.3) is 106 Å². The number of rotatable bonds is 8. The van der Waals surface area contributed by atoms with Crippen molar-refractivity contribution in [3.05, 3.63) is 228 Å². The first-order chi connectivity index (χ1) is 36.2. The standard InChI is InChI=1S/C63H41F9N4/c1-36-12-10-17-43(24-36)51-34-47(60-74-58(39-13-6-4-7-14-39)73-59(75-60)40-15-8-5-9-16-40)35-52(44-18-11-19-48(29-44)61(64,65)66)57(51)76-55-22-20-41(45-25-37(2)27-49(30-45)62(67,68)69)32-53(55)54-33-42(21-23-56(54)76)46-26-38(3)28-50(31-46)63(70,71)72/h4-35H,1-3H3. The number of halogens is 9. The van der Waals surface area contributed by atoms with E-state index in [1.165, 1.54) is 6.07 Å². The zero-order valence-electron chi connectivity index (χ0n) is 40.7. The lowest BCUT2D eigenvalue weighted by Gasteiger charge is -2.22. The van der Waals surface area contributed by atoms with E-state index in [4.69, 9.17) is 15.0 Å². The molecule has 13 heteroatoms. The molecule has 11 aromatic rings. The zero-order valence-corrected chi connectivity index (χ0v) is 40.7. The minimum Gasteiger partial charge on any atom is -0.308 e. The van der Waals surface area contributed by atoms with E-state index in [0.29, 0.717) is 94.8 Å². The highest BCUT2D eigenvalue weighted by Crippen LogP contribution is 2.47. The van der Waals surface area contributed by atoms with Gasteiger partial charge in [-0.25, -0.2) is 15.0 Å². The number of aryl methyl sites for hydroxylation is 3. The van der Waals surface area contributed by atoms with Gasteiger partial charge in [0.15, 0.2) is 17.5 Å². The van der Waals surface area contributed by atoms with Crippen LogP contribution in [-0.4, -0.2) is 19.5 Å². The summed E-state index contributed by atoms with van der Waals surface area (Å²) in [5.74, 6) is 0.935. The van der Waals surface area contributed by atoms with Crippen molar-refractivity contribution >= 4 is 21.8 Å². The second kappa shape index (κ2) is 18.8. The fraction of sp³-hybridized carbons (Fsp3) is 0.0952. The van der Waals surface area contributed by atoms with Gasteiger partial charge in [0.05, 0.1) is 33.4 Å². The van der Waals surface area contributed by atoms with Crippen LogP contribution in [0.1, 0.15) is 33.4 Å². The molecule has 0 bridgehead atoms. The minimum absolute atomic E-state index is 0.184. The molecule has 0 radical (unpaired) electrons. The van der Waals surface area contributed by atoms with Crippen LogP contribution in [-0.2, 0) is 18.5 Å². The van der Waals surface area contributed by atoms with Crippen molar-refractivity contribution in [3.63, 3.8) is 0 Å². The molecule has 0 aliphatic rings. The summed E-state index contributed by atoms with van der Waals surface area (Å²) in [4.78, 5) is 14.9. The van der Waals surface area contributed by atoms with E-state index in [9.17, 15) is 39.5 Å². The number of alkyl halides is 9. The third-order valence-electron chi connectivity index (χ3n) is 13.4. The molecule has 0 aliphatic carbocycles. The Labute approximate surface area is 430 Å². The fourth-order valence-corrected chi connectivity index (χ4v) is 9.91. The Morgan fingerprint density at radius 2 is 0.697 bits per heavy atom. The van der Waals surface area contributed by atoms with Crippen LogP contribution in [0.3, 0.4) is 0 Å². The summed E-state index contributed by atoms with van der Waals surface area (Å²) in [5, 5.41) is 1.03. The molecule has 0 fully saturated rings. The Morgan fingerprint density at radius 1 is 0.303 bits per heavy atom. The zero-order chi connectivity index (χ0) is 53.3. The topological polar surface area (TPSA) is 43.6 Å². The normalized spacial score (nSPS) is 12.2. The van der Waals surface area contributed by atoms with Crippen LogP contribution >= 0.6 is 0 Å². The largest absolute Gasteiger partial charge is 0.416 e. The van der Waals surface area contributed by atoms with E-state index in [1.807, 2.05) is 102 Å². The molecule has 0 atom stereocenters. The second-order valence-corrected chi connectivity index (χ2v) is 18.9. The van der Waals surface area contributed by atoms with E-state index in [1.54, 1.807) is 74.5 Å². The van der Waals surface area contributed by atoms with Crippen molar-refractivity contribution in [1.29, 1.82) is 0 Å². The van der Waals surface area contributed by atoms with Gasteiger partial charge in [-0.05, 0) is 138 Å². The highest BCUT2D eigenvalue weighted by molar-refractivity contribution is 6.13. The number of nitrogens with zero attached hydrogens (tertiary/aromatic N) is 4. The number of fused-ring (bicyclic) bond motifs is 3. The Morgan fingerprint density at radius 3 is 1.14 bits per heavy atom. The van der Waals surface area contributed by atoms with Crippen molar-refractivity contribution in [2.75, 3.05) is 0 Å². The van der Waals surface area contributed by atoms with Crippen molar-refractivity contribution in [1.82, 2.24) is 19.5 Å². The summed E-state index contributed by atoms with van der Waals surface area (Å²) >= 11 is 0. The van der Waals surface area contributed by atoms with Crippen LogP contribution in [0.4, 0.5) is 39.5 Å². The van der Waals surface area contributed by atoms with Crippen LogP contribution in [0.5, 0.6) is 0 Å². The van der Waals surface area contributed by atoms with E-state index >= 15 is 0 Å². The first-order valence-electron chi connectivity index (χ1n) is 24.0. The van der Waals surface area contributed by atoms with E-state index in [-0.39, 0.29) is 22.5 Å². The Balaban J connectivity index is 1.27. The van der Waals surface area contributed by atoms with Gasteiger partial charge in [0.1, 0.15) is 0 Å². The van der Waals surface area contributed by atoms with E-state index in [2.05, 4.69) is 0 Å². The van der Waals surface area contributed by atoms with Crippen LogP contribution in [0, 0.1) is 20.8 Å². The highest BCUT2D eigenvalue weighted by Gasteiger charge is 2.34. The molecule has 2 heterocycles. The van der Waals surface area contributed by atoms with Crippen LogP contribution in [0.15, 0.2) is 194 Å². The molecule has 11 rings (SSSR count). The average Bonchev–Trinajstić information content (AvgIpc) is 3.74. The Kier molecular flexibility index (Phi) is 12.2. The van der Waals surface area contributed by atoms with Crippen molar-refractivity contribution < 1.29 is 39.5 Å². The number of hydrogen-bond acceptors (Lipinski definition) is 3. The molecular weight excluding hydrogens is 984 g/mol. The van der Waals surface area contributed by atoms with Gasteiger partial charge in [-0.3, -0.25) is 0 Å². The number of benzene rings is 9. The van der Waals surface area contributed by atoms with E-state index in [0.717, 1.165) is 42.0 Å². The summed E-state index contributed by atoms with van der Waals surface area (Å²) in [6.45, 7) is 5.06. The van der Waals surface area contributed by atoms with Gasteiger partial charge in [-0.1, -0.05) is 127 Å². The first kappa shape index (κ1) is 49.4. The first-order valence-corrected chi connectivity index (χ1v) is 24.0. The maximum atomic E-state index is 14.8. The van der Waals surface area contributed by atoms with Crippen molar-refractivity contribution in [2.24, 2.45) is 0 Å². The van der Waals surface area contributed by atoms with Gasteiger partial charge in [-0.2, -0.15) is 39.5 Å². The average molecular weight is 1030 g/mol. The van der Waals surface area contributed by atoms with Crippen molar-refractivity contribution in [3.8, 4) is 84.4 Å². The number of aromatic nitrogens is 4. The lowest BCUT2D eigenvalue weighted by molar-refractivity contribution is -0.138. The summed E-state index contributed by atoms with van der Waals surface area (Å²) in [5.41, 5.74) is 5.43. The molecular formula is C63H41F9N4. The van der Waals surface area contributed by atoms with Gasteiger partial charge in [-0.15, -0.1) is 0 Å². The van der Waals surface area contributed by atoms with E-state index < -0.39 is 35.2 Å². The molecule has 376 valence electrons. The predicted molar refractivity (Wildman–Crippen MR) is 281 cm³/mol. The SMILES string of the molecule is Cc1cccc(-c2cc(-c3nc(-c4ccccc4)nc(-c4ccccc4)n3)cc(-c3cccc(C(F)(F)F)c3)c2-n2c3ccc(-c4cc(C)cc(C(F)(F)F)c4)cc3c3cc(-c4cc(C)cc(C(F)(F)F)c4)ccc32)c1. The van der Waals surface area contributed by atoms with Gasteiger partial charge >= 0.3 is 18.5 Å². The highest BCUT2D eigenvalue weighted by atomic mass is 19.4. The van der Waals surface area contributed by atoms with Gasteiger partial charge < -0.3 is 4.57 Å². The van der Waals surface area contributed by atoms with Gasteiger partial charge in [0, 0.05) is 38.6 Å². The molecule has 9 aromatic carbocycles. The molecule has 0 aliphatic heterocycles. The maximum absolute atomic E-state index is 14.8. The molecule has 0 spiro atoms. The third kappa shape index (κ3) is 9.60. The van der Waals surface area contributed by atoms with Crippen molar-refractivity contribution in [2.45, 2.75) is 39.3 Å². The lowest BCUT2D eigenvalue weighted by Crippen LogP contribution is -2.06. The monoisotopic (exact) mass is 1020 g/mol.